The highest BCUT2D eigenvalue weighted by Crippen LogP contribution is 2.21. The molecule has 0 aliphatic rings. The van der Waals surface area contributed by atoms with Gasteiger partial charge in [0.25, 0.3) is 20.2 Å². The van der Waals surface area contributed by atoms with E-state index in [0.717, 1.165) is 18.2 Å². The lowest BCUT2D eigenvalue weighted by atomic mass is 10.2. The van der Waals surface area contributed by atoms with Crippen LogP contribution in [0.25, 0.3) is 0 Å². The molecule has 2 aromatic carbocycles. The third-order valence-electron chi connectivity index (χ3n) is 2.64. The van der Waals surface area contributed by atoms with Crippen molar-refractivity contribution in [2.24, 2.45) is 0 Å². The fourth-order valence-corrected chi connectivity index (χ4v) is 2.61. The predicted molar refractivity (Wildman–Crippen MR) is 82.8 cm³/mol. The normalized spacial score (nSPS) is 11.3. The minimum atomic E-state index is -4.45. The largest absolute Gasteiger partial charge is 0.507 e. The zero-order chi connectivity index (χ0) is 19.4. The fourth-order valence-electron chi connectivity index (χ4n) is 1.52. The van der Waals surface area contributed by atoms with Crippen LogP contribution < -0.4 is 0 Å². The minimum Gasteiger partial charge on any atom is -0.507 e. The number of para-hydroxylation sites is 1. The van der Waals surface area contributed by atoms with E-state index in [0.29, 0.717) is 6.07 Å². The molecule has 0 spiro atoms. The summed E-state index contributed by atoms with van der Waals surface area (Å²) in [5, 5.41) is 26.4. The second-order valence-corrected chi connectivity index (χ2v) is 7.21. The van der Waals surface area contributed by atoms with Crippen LogP contribution in [0.3, 0.4) is 0 Å². The van der Waals surface area contributed by atoms with Crippen molar-refractivity contribution in [3.8, 4) is 11.5 Å². The Bertz CT molecular complexity index is 993. The summed E-state index contributed by atoms with van der Waals surface area (Å²) < 4.78 is 59.2. The van der Waals surface area contributed by atoms with Crippen molar-refractivity contribution in [2.45, 2.75) is 9.79 Å². The van der Waals surface area contributed by atoms with E-state index < -0.39 is 53.1 Å². The molecular formula is C13H12O10S2. The standard InChI is InChI=1S/C7H6O6S.C6H6O4S/c8-6-2-1-4(14(11,12)13)3-5(6)7(9)10;7-5-3-1-2-4-6(5)11(8,9)10/h1-3,8H,(H,9,10)(H,11,12,13);1-4,7H,(H,8,9,10). The van der Waals surface area contributed by atoms with Gasteiger partial charge in [-0.25, -0.2) is 4.79 Å². The number of rotatable bonds is 3. The van der Waals surface area contributed by atoms with Crippen LogP contribution >= 0.6 is 0 Å². The van der Waals surface area contributed by atoms with Gasteiger partial charge in [0.05, 0.1) is 4.90 Å². The maximum Gasteiger partial charge on any atom is 0.339 e. The van der Waals surface area contributed by atoms with Crippen molar-refractivity contribution in [3.05, 3.63) is 48.0 Å². The van der Waals surface area contributed by atoms with Gasteiger partial charge in [0.15, 0.2) is 0 Å². The summed E-state index contributed by atoms with van der Waals surface area (Å²) >= 11 is 0. The molecule has 0 bridgehead atoms. The number of carboxylic acids is 1. The Kier molecular flexibility index (Phi) is 6.10. The van der Waals surface area contributed by atoms with Gasteiger partial charge in [-0.15, -0.1) is 0 Å². The molecule has 12 heteroatoms. The number of phenols is 2. The molecule has 10 nitrogen and oxygen atoms in total. The number of aromatic hydroxyl groups is 2. The SMILES string of the molecule is O=C(O)c1cc(S(=O)(=O)O)ccc1O.O=S(=O)(O)c1ccccc1O. The predicted octanol–water partition coefficient (Wildman–Crippen LogP) is 0.976. The van der Waals surface area contributed by atoms with Crippen molar-refractivity contribution in [1.29, 1.82) is 0 Å². The average Bonchev–Trinajstić information content (AvgIpc) is 2.46. The van der Waals surface area contributed by atoms with E-state index in [1.54, 1.807) is 0 Å². The lowest BCUT2D eigenvalue weighted by Crippen LogP contribution is -2.02. The molecule has 0 aliphatic heterocycles. The van der Waals surface area contributed by atoms with Crippen LogP contribution in [0.5, 0.6) is 11.5 Å². The number of carboxylic acid groups (broad SMARTS) is 1. The fraction of sp³-hybridized carbons (Fsp3) is 0. The molecule has 0 aromatic heterocycles. The quantitative estimate of drug-likeness (QED) is 0.471. The van der Waals surface area contributed by atoms with E-state index in [1.165, 1.54) is 18.2 Å². The smallest absolute Gasteiger partial charge is 0.339 e. The number of phenolic OH excluding ortho intramolecular Hbond substituents is 1. The van der Waals surface area contributed by atoms with Crippen LogP contribution in [0.4, 0.5) is 0 Å². The first-order chi connectivity index (χ1) is 11.3. The summed E-state index contributed by atoms with van der Waals surface area (Å²) in [6.07, 6.45) is 0. The molecule has 5 N–H and O–H groups in total. The molecule has 2 rings (SSSR count). The highest BCUT2D eigenvalue weighted by atomic mass is 32.2. The highest BCUT2D eigenvalue weighted by molar-refractivity contribution is 7.86. The first-order valence-electron chi connectivity index (χ1n) is 6.13. The molecule has 0 unspecified atom stereocenters. The van der Waals surface area contributed by atoms with Gasteiger partial charge in [-0.1, -0.05) is 12.1 Å². The topological polar surface area (TPSA) is 186 Å². The molecule has 0 amide bonds. The van der Waals surface area contributed by atoms with E-state index in [2.05, 4.69) is 0 Å². The van der Waals surface area contributed by atoms with Crippen molar-refractivity contribution >= 4 is 26.2 Å². The van der Waals surface area contributed by atoms with E-state index in [4.69, 9.17) is 24.4 Å². The maximum absolute atomic E-state index is 10.6. The number of benzene rings is 2. The molecule has 0 aliphatic carbocycles. The van der Waals surface area contributed by atoms with Crippen molar-refractivity contribution in [2.75, 3.05) is 0 Å². The summed E-state index contributed by atoms with van der Waals surface area (Å²) in [6.45, 7) is 0. The third-order valence-corrected chi connectivity index (χ3v) is 4.39. The van der Waals surface area contributed by atoms with Gasteiger partial charge in [-0.05, 0) is 30.3 Å². The van der Waals surface area contributed by atoms with Gasteiger partial charge in [-0.2, -0.15) is 16.8 Å². The maximum atomic E-state index is 10.6. The Morgan fingerprint density at radius 2 is 1.36 bits per heavy atom. The summed E-state index contributed by atoms with van der Waals surface area (Å²) in [6, 6.07) is 7.62. The van der Waals surface area contributed by atoms with Crippen molar-refractivity contribution in [1.82, 2.24) is 0 Å². The molecule has 136 valence electrons. The van der Waals surface area contributed by atoms with Crippen LogP contribution in [0.1, 0.15) is 10.4 Å². The molecular weight excluding hydrogens is 380 g/mol. The van der Waals surface area contributed by atoms with E-state index in [-0.39, 0.29) is 0 Å². The Morgan fingerprint density at radius 3 is 1.76 bits per heavy atom. The van der Waals surface area contributed by atoms with Crippen molar-refractivity contribution < 1.29 is 46.1 Å². The van der Waals surface area contributed by atoms with E-state index in [1.807, 2.05) is 0 Å². The highest BCUT2D eigenvalue weighted by Gasteiger charge is 2.16. The Morgan fingerprint density at radius 1 is 0.800 bits per heavy atom. The van der Waals surface area contributed by atoms with Gasteiger partial charge in [0, 0.05) is 0 Å². The van der Waals surface area contributed by atoms with Crippen molar-refractivity contribution in [3.63, 3.8) is 0 Å². The number of carbonyl (C=O) groups is 1. The number of aromatic carboxylic acids is 1. The molecule has 0 fully saturated rings. The summed E-state index contributed by atoms with van der Waals surface area (Å²) in [5.41, 5.74) is -0.583. The average molecular weight is 392 g/mol. The van der Waals surface area contributed by atoms with E-state index in [9.17, 15) is 21.6 Å². The second-order valence-electron chi connectivity index (χ2n) is 4.40. The first kappa shape index (κ1) is 20.4. The number of hydrogen-bond donors (Lipinski definition) is 5. The zero-order valence-corrected chi connectivity index (χ0v) is 13.8. The summed E-state index contributed by atoms with van der Waals surface area (Å²) in [7, 11) is -8.73. The monoisotopic (exact) mass is 392 g/mol. The molecule has 25 heavy (non-hydrogen) atoms. The lowest BCUT2D eigenvalue weighted by molar-refractivity contribution is 0.0693. The van der Waals surface area contributed by atoms with Crippen LogP contribution in [-0.4, -0.2) is 47.2 Å². The lowest BCUT2D eigenvalue weighted by Gasteiger charge is -2.01. The van der Waals surface area contributed by atoms with Gasteiger partial charge < -0.3 is 15.3 Å². The second kappa shape index (κ2) is 7.48. The molecule has 0 saturated heterocycles. The minimum absolute atomic E-state index is 0.449. The number of hydrogen-bond acceptors (Lipinski definition) is 7. The van der Waals surface area contributed by atoms with Crippen LogP contribution in [-0.2, 0) is 20.2 Å². The van der Waals surface area contributed by atoms with Crippen LogP contribution in [0, 0.1) is 0 Å². The third kappa shape index (κ3) is 5.72. The van der Waals surface area contributed by atoms with Gasteiger partial charge in [0.1, 0.15) is 22.0 Å². The molecule has 0 saturated carbocycles. The van der Waals surface area contributed by atoms with E-state index >= 15 is 0 Å². The first-order valence-corrected chi connectivity index (χ1v) is 9.01. The Labute approximate surface area is 142 Å². The Hall–Kier alpha value is -2.67. The summed E-state index contributed by atoms with van der Waals surface area (Å²) in [4.78, 5) is 9.42. The molecule has 0 heterocycles. The molecule has 0 atom stereocenters. The van der Waals surface area contributed by atoms with Crippen LogP contribution in [0.2, 0.25) is 0 Å². The molecule has 2 aromatic rings. The molecule has 0 radical (unpaired) electrons. The zero-order valence-electron chi connectivity index (χ0n) is 12.1. The summed E-state index contributed by atoms with van der Waals surface area (Å²) in [5.74, 6) is -2.49. The van der Waals surface area contributed by atoms with Gasteiger partial charge in [0.2, 0.25) is 0 Å². The Balaban J connectivity index is 0.000000257. The van der Waals surface area contributed by atoms with Gasteiger partial charge in [-0.3, -0.25) is 9.11 Å². The van der Waals surface area contributed by atoms with Crippen LogP contribution in [0.15, 0.2) is 52.3 Å². The van der Waals surface area contributed by atoms with Gasteiger partial charge >= 0.3 is 5.97 Å².